The third-order valence-electron chi connectivity index (χ3n) is 4.12. The number of nitrogens with zero attached hydrogens (tertiary/aromatic N) is 2. The molecule has 0 aliphatic carbocycles. The molecule has 0 aromatic heterocycles. The number of carbonyl (C=O) groups is 2. The first-order valence-electron chi connectivity index (χ1n) is 7.95. The Morgan fingerprint density at radius 3 is 2.91 bits per heavy atom. The fourth-order valence-corrected chi connectivity index (χ4v) is 2.83. The first-order chi connectivity index (χ1) is 11.1. The minimum absolute atomic E-state index is 0.0961. The van der Waals surface area contributed by atoms with Gasteiger partial charge in [0.05, 0.1) is 12.3 Å². The van der Waals surface area contributed by atoms with Crippen LogP contribution in [0.1, 0.15) is 12.0 Å². The number of benzene rings is 1. The van der Waals surface area contributed by atoms with Gasteiger partial charge in [-0.1, -0.05) is 6.07 Å². The van der Waals surface area contributed by atoms with E-state index in [1.54, 1.807) is 9.80 Å². The van der Waals surface area contributed by atoms with Crippen molar-refractivity contribution >= 4 is 23.4 Å². The van der Waals surface area contributed by atoms with Gasteiger partial charge in [0, 0.05) is 38.5 Å². The lowest BCUT2D eigenvalue weighted by molar-refractivity contribution is 0.144. The average molecular weight is 318 g/mol. The molecule has 0 unspecified atom stereocenters. The molecule has 4 amide bonds. The molecule has 0 radical (unpaired) electrons. The molecule has 1 aromatic rings. The Labute approximate surface area is 135 Å². The molecule has 0 bridgehead atoms. The number of amides is 4. The van der Waals surface area contributed by atoms with E-state index in [4.69, 9.17) is 4.74 Å². The predicted octanol–water partition coefficient (Wildman–Crippen LogP) is 1.78. The van der Waals surface area contributed by atoms with Gasteiger partial charge >= 0.3 is 12.1 Å². The van der Waals surface area contributed by atoms with Crippen LogP contribution in [0.2, 0.25) is 0 Å². The summed E-state index contributed by atoms with van der Waals surface area (Å²) < 4.78 is 5.37. The van der Waals surface area contributed by atoms with Crippen molar-refractivity contribution in [2.45, 2.75) is 13.3 Å². The Kier molecular flexibility index (Phi) is 4.66. The van der Waals surface area contributed by atoms with Crippen molar-refractivity contribution < 1.29 is 14.3 Å². The molecule has 2 aliphatic heterocycles. The second-order valence-corrected chi connectivity index (χ2v) is 5.77. The number of urea groups is 2. The Balaban J connectivity index is 1.72. The summed E-state index contributed by atoms with van der Waals surface area (Å²) in [5, 5.41) is 5.71. The van der Waals surface area contributed by atoms with Crippen molar-refractivity contribution in [1.82, 2.24) is 10.2 Å². The molecule has 7 nitrogen and oxygen atoms in total. The number of nitrogens with one attached hydrogen (secondary N) is 2. The zero-order valence-corrected chi connectivity index (χ0v) is 13.3. The summed E-state index contributed by atoms with van der Waals surface area (Å²) in [4.78, 5) is 27.7. The monoisotopic (exact) mass is 318 g/mol. The van der Waals surface area contributed by atoms with Crippen LogP contribution in [0.15, 0.2) is 18.2 Å². The maximum absolute atomic E-state index is 12.4. The van der Waals surface area contributed by atoms with Gasteiger partial charge in [-0.15, -0.1) is 0 Å². The predicted molar refractivity (Wildman–Crippen MR) is 88.0 cm³/mol. The SMILES string of the molecule is Cc1ccc(NC(=O)N2CCCOCC2)cc1N1CCNC1=O. The fourth-order valence-electron chi connectivity index (χ4n) is 2.83. The molecule has 124 valence electrons. The summed E-state index contributed by atoms with van der Waals surface area (Å²) in [5.74, 6) is 0. The highest BCUT2D eigenvalue weighted by molar-refractivity contribution is 5.96. The van der Waals surface area contributed by atoms with Crippen LogP contribution in [0.5, 0.6) is 0 Å². The summed E-state index contributed by atoms with van der Waals surface area (Å²) in [7, 11) is 0. The third kappa shape index (κ3) is 3.56. The van der Waals surface area contributed by atoms with Gasteiger partial charge < -0.3 is 20.3 Å². The quantitative estimate of drug-likeness (QED) is 0.873. The highest BCUT2D eigenvalue weighted by Gasteiger charge is 2.23. The zero-order chi connectivity index (χ0) is 16.2. The van der Waals surface area contributed by atoms with E-state index in [2.05, 4.69) is 10.6 Å². The first-order valence-corrected chi connectivity index (χ1v) is 7.95. The zero-order valence-electron chi connectivity index (χ0n) is 13.3. The van der Waals surface area contributed by atoms with Gasteiger partial charge in [-0.2, -0.15) is 0 Å². The average Bonchev–Trinajstić information content (AvgIpc) is 2.80. The molecule has 1 aromatic carbocycles. The molecule has 2 saturated heterocycles. The highest BCUT2D eigenvalue weighted by Crippen LogP contribution is 2.25. The second-order valence-electron chi connectivity index (χ2n) is 5.77. The van der Waals surface area contributed by atoms with Crippen LogP contribution < -0.4 is 15.5 Å². The van der Waals surface area contributed by atoms with E-state index in [0.29, 0.717) is 45.1 Å². The third-order valence-corrected chi connectivity index (χ3v) is 4.12. The molecular formula is C16H22N4O3. The number of hydrogen-bond donors (Lipinski definition) is 2. The summed E-state index contributed by atoms with van der Waals surface area (Å²) >= 11 is 0. The van der Waals surface area contributed by atoms with E-state index in [1.165, 1.54) is 0 Å². The van der Waals surface area contributed by atoms with E-state index < -0.39 is 0 Å². The topological polar surface area (TPSA) is 73.9 Å². The van der Waals surface area contributed by atoms with Crippen LogP contribution >= 0.6 is 0 Å². The Bertz CT molecular complexity index is 597. The van der Waals surface area contributed by atoms with Crippen LogP contribution in [0.3, 0.4) is 0 Å². The number of ether oxygens (including phenoxy) is 1. The summed E-state index contributed by atoms with van der Waals surface area (Å²) in [6.07, 6.45) is 0.848. The van der Waals surface area contributed by atoms with Gasteiger partial charge in [0.1, 0.15) is 0 Å². The number of anilines is 2. The molecule has 0 saturated carbocycles. The van der Waals surface area contributed by atoms with Gasteiger partial charge in [-0.3, -0.25) is 4.90 Å². The standard InChI is InChI=1S/C16H22N4O3/c1-12-3-4-13(11-14(12)20-7-5-17-15(20)21)18-16(22)19-6-2-9-23-10-8-19/h3-4,11H,2,5-10H2,1H3,(H,17,21)(H,18,22). The molecule has 0 atom stereocenters. The van der Waals surface area contributed by atoms with E-state index in [-0.39, 0.29) is 12.1 Å². The molecule has 3 rings (SSSR count). The lowest BCUT2D eigenvalue weighted by Gasteiger charge is -2.22. The smallest absolute Gasteiger partial charge is 0.322 e. The molecule has 7 heteroatoms. The van der Waals surface area contributed by atoms with Crippen molar-refractivity contribution in [1.29, 1.82) is 0 Å². The Morgan fingerprint density at radius 1 is 1.26 bits per heavy atom. The minimum atomic E-state index is -0.129. The fraction of sp³-hybridized carbons (Fsp3) is 0.500. The van der Waals surface area contributed by atoms with E-state index in [9.17, 15) is 9.59 Å². The number of hydrogen-bond acceptors (Lipinski definition) is 3. The Morgan fingerprint density at radius 2 is 2.13 bits per heavy atom. The maximum atomic E-state index is 12.4. The number of rotatable bonds is 2. The molecule has 2 N–H and O–H groups in total. The maximum Gasteiger partial charge on any atom is 0.322 e. The second kappa shape index (κ2) is 6.87. The van der Waals surface area contributed by atoms with E-state index in [1.807, 2.05) is 25.1 Å². The van der Waals surface area contributed by atoms with Crippen LogP contribution in [-0.4, -0.2) is 56.4 Å². The van der Waals surface area contributed by atoms with Crippen molar-refractivity contribution in [3.05, 3.63) is 23.8 Å². The summed E-state index contributed by atoms with van der Waals surface area (Å²) in [5.41, 5.74) is 2.53. The molecule has 2 fully saturated rings. The van der Waals surface area contributed by atoms with Gasteiger partial charge in [0.25, 0.3) is 0 Å². The normalized spacial score (nSPS) is 18.6. The van der Waals surface area contributed by atoms with Crippen molar-refractivity contribution in [3.63, 3.8) is 0 Å². The lowest BCUT2D eigenvalue weighted by atomic mass is 10.1. The van der Waals surface area contributed by atoms with Crippen LogP contribution in [0.4, 0.5) is 21.0 Å². The van der Waals surface area contributed by atoms with E-state index in [0.717, 1.165) is 17.7 Å². The molecule has 0 spiro atoms. The minimum Gasteiger partial charge on any atom is -0.380 e. The van der Waals surface area contributed by atoms with Crippen molar-refractivity contribution in [2.75, 3.05) is 49.6 Å². The number of carbonyl (C=O) groups excluding carboxylic acids is 2. The van der Waals surface area contributed by atoms with Gasteiger partial charge in [-0.05, 0) is 31.0 Å². The van der Waals surface area contributed by atoms with Crippen molar-refractivity contribution in [3.8, 4) is 0 Å². The summed E-state index contributed by atoms with van der Waals surface area (Å²) in [6.45, 7) is 5.79. The first kappa shape index (κ1) is 15.6. The Hall–Kier alpha value is -2.28. The molecule has 2 heterocycles. The van der Waals surface area contributed by atoms with Crippen LogP contribution in [0.25, 0.3) is 0 Å². The largest absolute Gasteiger partial charge is 0.380 e. The highest BCUT2D eigenvalue weighted by atomic mass is 16.5. The van der Waals surface area contributed by atoms with E-state index >= 15 is 0 Å². The number of aryl methyl sites for hydroxylation is 1. The molecular weight excluding hydrogens is 296 g/mol. The van der Waals surface area contributed by atoms with Gasteiger partial charge in [0.2, 0.25) is 0 Å². The lowest BCUT2D eigenvalue weighted by Crippen LogP contribution is -2.36. The molecule has 2 aliphatic rings. The van der Waals surface area contributed by atoms with Crippen LogP contribution in [0, 0.1) is 6.92 Å². The molecule has 23 heavy (non-hydrogen) atoms. The summed E-state index contributed by atoms with van der Waals surface area (Å²) in [6, 6.07) is 5.41. The van der Waals surface area contributed by atoms with Crippen molar-refractivity contribution in [2.24, 2.45) is 0 Å². The van der Waals surface area contributed by atoms with Crippen LogP contribution in [-0.2, 0) is 4.74 Å². The van der Waals surface area contributed by atoms with Gasteiger partial charge in [-0.25, -0.2) is 9.59 Å². The van der Waals surface area contributed by atoms with Gasteiger partial charge in [0.15, 0.2) is 0 Å².